The summed E-state index contributed by atoms with van der Waals surface area (Å²) in [6.07, 6.45) is 3.37. The second-order valence-electron chi connectivity index (χ2n) is 5.75. The van der Waals surface area contributed by atoms with Gasteiger partial charge in [-0.25, -0.2) is 15.8 Å². The molecular formula is C12H20N4. The molecule has 0 aliphatic heterocycles. The third-order valence-corrected chi connectivity index (χ3v) is 2.62. The second-order valence-corrected chi connectivity index (χ2v) is 5.75. The van der Waals surface area contributed by atoms with Gasteiger partial charge >= 0.3 is 0 Å². The number of hydrazine groups is 1. The van der Waals surface area contributed by atoms with E-state index < -0.39 is 0 Å². The minimum atomic E-state index is 0.202. The number of aromatic nitrogens is 2. The maximum absolute atomic E-state index is 5.43. The Labute approximate surface area is 96.6 Å². The Bertz CT molecular complexity index is 377. The van der Waals surface area contributed by atoms with E-state index in [1.54, 1.807) is 0 Å². The van der Waals surface area contributed by atoms with Gasteiger partial charge in [0, 0.05) is 24.1 Å². The Morgan fingerprint density at radius 3 is 2.56 bits per heavy atom. The van der Waals surface area contributed by atoms with Crippen LogP contribution in [0.25, 0.3) is 0 Å². The molecule has 1 aliphatic carbocycles. The number of nitrogens with one attached hydrogen (secondary N) is 1. The number of anilines is 1. The van der Waals surface area contributed by atoms with Crippen LogP contribution in [0, 0.1) is 5.41 Å². The number of nitrogen functional groups attached to an aromatic ring is 1. The highest BCUT2D eigenvalue weighted by Gasteiger charge is 2.26. The number of nitrogens with two attached hydrogens (primary N) is 1. The molecule has 1 fully saturated rings. The monoisotopic (exact) mass is 220 g/mol. The predicted molar refractivity (Wildman–Crippen MR) is 65.0 cm³/mol. The molecule has 4 nitrogen and oxygen atoms in total. The molecule has 3 N–H and O–H groups in total. The van der Waals surface area contributed by atoms with Gasteiger partial charge in [0.25, 0.3) is 0 Å². The van der Waals surface area contributed by atoms with Gasteiger partial charge in [-0.15, -0.1) is 0 Å². The van der Waals surface area contributed by atoms with Gasteiger partial charge in [-0.2, -0.15) is 0 Å². The fraction of sp³-hybridized carbons (Fsp3) is 0.667. The summed E-state index contributed by atoms with van der Waals surface area (Å²) < 4.78 is 0. The normalized spacial score (nSPS) is 16.2. The SMILES string of the molecule is CC(C)(C)Cc1nc(NN)cc(C2CC2)n1. The van der Waals surface area contributed by atoms with Crippen LogP contribution in [0.2, 0.25) is 0 Å². The summed E-state index contributed by atoms with van der Waals surface area (Å²) in [6.45, 7) is 6.57. The van der Waals surface area contributed by atoms with Gasteiger partial charge in [-0.3, -0.25) is 0 Å². The van der Waals surface area contributed by atoms with E-state index in [-0.39, 0.29) is 5.41 Å². The first-order valence-electron chi connectivity index (χ1n) is 5.82. The molecule has 0 radical (unpaired) electrons. The summed E-state index contributed by atoms with van der Waals surface area (Å²) in [5.74, 6) is 7.69. The smallest absolute Gasteiger partial charge is 0.143 e. The van der Waals surface area contributed by atoms with Crippen molar-refractivity contribution < 1.29 is 0 Å². The highest BCUT2D eigenvalue weighted by atomic mass is 15.3. The maximum atomic E-state index is 5.43. The van der Waals surface area contributed by atoms with Crippen LogP contribution in [-0.4, -0.2) is 9.97 Å². The van der Waals surface area contributed by atoms with Crippen molar-refractivity contribution in [2.45, 2.75) is 46.0 Å². The number of nitrogens with zero attached hydrogens (tertiary/aromatic N) is 2. The highest BCUT2D eigenvalue weighted by molar-refractivity contribution is 5.36. The van der Waals surface area contributed by atoms with E-state index >= 15 is 0 Å². The van der Waals surface area contributed by atoms with E-state index in [4.69, 9.17) is 5.84 Å². The van der Waals surface area contributed by atoms with E-state index in [1.165, 1.54) is 12.8 Å². The molecule has 1 aliphatic rings. The van der Waals surface area contributed by atoms with Crippen molar-refractivity contribution in [1.29, 1.82) is 0 Å². The van der Waals surface area contributed by atoms with E-state index in [1.807, 2.05) is 6.07 Å². The van der Waals surface area contributed by atoms with Crippen molar-refractivity contribution in [1.82, 2.24) is 9.97 Å². The second kappa shape index (κ2) is 4.01. The summed E-state index contributed by atoms with van der Waals surface area (Å²) in [7, 11) is 0. The average Bonchev–Trinajstić information content (AvgIpc) is 2.97. The van der Waals surface area contributed by atoms with E-state index in [2.05, 4.69) is 36.2 Å². The average molecular weight is 220 g/mol. The predicted octanol–water partition coefficient (Wildman–Crippen LogP) is 2.23. The Morgan fingerprint density at radius 1 is 1.38 bits per heavy atom. The van der Waals surface area contributed by atoms with Crippen molar-refractivity contribution in [2.75, 3.05) is 5.43 Å². The van der Waals surface area contributed by atoms with E-state index in [0.29, 0.717) is 5.92 Å². The lowest BCUT2D eigenvalue weighted by Gasteiger charge is -2.17. The Kier molecular flexibility index (Phi) is 2.84. The minimum Gasteiger partial charge on any atom is -0.308 e. The first kappa shape index (κ1) is 11.3. The van der Waals surface area contributed by atoms with Gasteiger partial charge in [0.1, 0.15) is 11.6 Å². The Hall–Kier alpha value is -1.16. The molecule has 0 bridgehead atoms. The van der Waals surface area contributed by atoms with Crippen LogP contribution < -0.4 is 11.3 Å². The van der Waals surface area contributed by atoms with Crippen LogP contribution in [0.1, 0.15) is 51.0 Å². The first-order valence-corrected chi connectivity index (χ1v) is 5.82. The summed E-state index contributed by atoms with van der Waals surface area (Å²) in [6, 6.07) is 1.96. The molecule has 2 rings (SSSR count). The standard InChI is InChI=1S/C12H20N4/c1-12(2,3)7-11-14-9(8-4-5-8)6-10(15-11)16-13/h6,8H,4-5,7,13H2,1-3H3,(H,14,15,16). The third-order valence-electron chi connectivity index (χ3n) is 2.62. The summed E-state index contributed by atoms with van der Waals surface area (Å²) in [4.78, 5) is 9.02. The molecule has 0 unspecified atom stereocenters. The fourth-order valence-corrected chi connectivity index (χ4v) is 1.73. The van der Waals surface area contributed by atoms with Crippen LogP contribution in [0.4, 0.5) is 5.82 Å². The first-order chi connectivity index (χ1) is 7.48. The summed E-state index contributed by atoms with van der Waals surface area (Å²) >= 11 is 0. The van der Waals surface area contributed by atoms with Gasteiger partial charge in [-0.1, -0.05) is 20.8 Å². The van der Waals surface area contributed by atoms with Gasteiger partial charge in [0.2, 0.25) is 0 Å². The van der Waals surface area contributed by atoms with Crippen molar-refractivity contribution in [2.24, 2.45) is 11.3 Å². The molecule has 16 heavy (non-hydrogen) atoms. The van der Waals surface area contributed by atoms with Gasteiger partial charge in [0.05, 0.1) is 0 Å². The lowest BCUT2D eigenvalue weighted by molar-refractivity contribution is 0.400. The molecule has 1 heterocycles. The molecular weight excluding hydrogens is 200 g/mol. The highest BCUT2D eigenvalue weighted by Crippen LogP contribution is 2.39. The minimum absolute atomic E-state index is 0.202. The summed E-state index contributed by atoms with van der Waals surface area (Å²) in [5, 5.41) is 0. The van der Waals surface area contributed by atoms with Gasteiger partial charge < -0.3 is 5.43 Å². The van der Waals surface area contributed by atoms with Gasteiger partial charge in [-0.05, 0) is 18.3 Å². The quantitative estimate of drug-likeness (QED) is 0.605. The number of hydrogen-bond donors (Lipinski definition) is 2. The molecule has 0 aromatic carbocycles. The largest absolute Gasteiger partial charge is 0.308 e. The van der Waals surface area contributed by atoms with Crippen LogP contribution >= 0.6 is 0 Å². The molecule has 4 heteroatoms. The van der Waals surface area contributed by atoms with E-state index in [9.17, 15) is 0 Å². The van der Waals surface area contributed by atoms with Crippen molar-refractivity contribution in [3.63, 3.8) is 0 Å². The van der Waals surface area contributed by atoms with Crippen LogP contribution in [0.3, 0.4) is 0 Å². The van der Waals surface area contributed by atoms with Gasteiger partial charge in [0.15, 0.2) is 0 Å². The molecule has 0 saturated heterocycles. The van der Waals surface area contributed by atoms with Crippen LogP contribution in [-0.2, 0) is 6.42 Å². The number of rotatable bonds is 3. The fourth-order valence-electron chi connectivity index (χ4n) is 1.73. The van der Waals surface area contributed by atoms with Crippen LogP contribution in [0.5, 0.6) is 0 Å². The zero-order valence-corrected chi connectivity index (χ0v) is 10.2. The summed E-state index contributed by atoms with van der Waals surface area (Å²) in [5.41, 5.74) is 3.97. The molecule has 0 amide bonds. The zero-order valence-electron chi connectivity index (χ0n) is 10.2. The molecule has 1 saturated carbocycles. The number of hydrogen-bond acceptors (Lipinski definition) is 4. The zero-order chi connectivity index (χ0) is 11.8. The van der Waals surface area contributed by atoms with Crippen LogP contribution in [0.15, 0.2) is 6.07 Å². The van der Waals surface area contributed by atoms with Crippen molar-refractivity contribution in [3.8, 4) is 0 Å². The van der Waals surface area contributed by atoms with Crippen molar-refractivity contribution in [3.05, 3.63) is 17.6 Å². The molecule has 1 aromatic heterocycles. The molecule has 88 valence electrons. The maximum Gasteiger partial charge on any atom is 0.143 e. The topological polar surface area (TPSA) is 63.8 Å². The molecule has 1 aromatic rings. The Morgan fingerprint density at radius 2 is 2.06 bits per heavy atom. The molecule has 0 atom stereocenters. The van der Waals surface area contributed by atoms with E-state index in [0.717, 1.165) is 23.8 Å². The van der Waals surface area contributed by atoms with Crippen molar-refractivity contribution >= 4 is 5.82 Å². The Balaban J connectivity index is 2.25. The lowest BCUT2D eigenvalue weighted by atomic mass is 9.92. The molecule has 0 spiro atoms. The lowest BCUT2D eigenvalue weighted by Crippen LogP contribution is -2.16. The third kappa shape index (κ3) is 2.92.